The van der Waals surface area contributed by atoms with Gasteiger partial charge < -0.3 is 9.47 Å². The highest BCUT2D eigenvalue weighted by Crippen LogP contribution is 2.17. The first-order valence-electron chi connectivity index (χ1n) is 7.02. The zero-order chi connectivity index (χ0) is 15.7. The number of para-hydroxylation sites is 1. The Hall–Kier alpha value is -2.10. The maximum Gasteiger partial charge on any atom is 0.330 e. The smallest absolute Gasteiger partial charge is 0.330 e. The van der Waals surface area contributed by atoms with Crippen LogP contribution in [0.15, 0.2) is 41.4 Å². The van der Waals surface area contributed by atoms with Crippen molar-refractivity contribution in [2.45, 2.75) is 33.2 Å². The highest BCUT2D eigenvalue weighted by molar-refractivity contribution is 5.84. The van der Waals surface area contributed by atoms with Gasteiger partial charge in [0.1, 0.15) is 12.4 Å². The molecule has 114 valence electrons. The third kappa shape index (κ3) is 7.30. The number of hydrogen-bond acceptors (Lipinski definition) is 4. The number of ether oxygens (including phenoxy) is 2. The van der Waals surface area contributed by atoms with Crippen LogP contribution in [0, 0.1) is 0 Å². The molecule has 0 aliphatic carbocycles. The van der Waals surface area contributed by atoms with Gasteiger partial charge in [0.05, 0.1) is 12.1 Å². The molecule has 0 saturated carbocycles. The molecule has 1 aromatic carbocycles. The van der Waals surface area contributed by atoms with E-state index in [1.165, 1.54) is 6.08 Å². The van der Waals surface area contributed by atoms with Gasteiger partial charge >= 0.3 is 5.97 Å². The van der Waals surface area contributed by atoms with Gasteiger partial charge in [0.2, 0.25) is 0 Å². The van der Waals surface area contributed by atoms with Gasteiger partial charge in [0, 0.05) is 17.9 Å². The summed E-state index contributed by atoms with van der Waals surface area (Å²) in [6, 6.07) is 7.66. The van der Waals surface area contributed by atoms with Crippen molar-refractivity contribution >= 4 is 12.2 Å². The molecule has 0 fully saturated rings. The van der Waals surface area contributed by atoms with Crippen LogP contribution >= 0.6 is 0 Å². The van der Waals surface area contributed by atoms with Gasteiger partial charge in [-0.2, -0.15) is 0 Å². The largest absolute Gasteiger partial charge is 0.489 e. The summed E-state index contributed by atoms with van der Waals surface area (Å²) in [5.74, 6) is 0.377. The molecule has 0 heterocycles. The van der Waals surface area contributed by atoms with Crippen molar-refractivity contribution in [2.24, 2.45) is 4.99 Å². The number of benzene rings is 1. The van der Waals surface area contributed by atoms with Crippen molar-refractivity contribution in [3.05, 3.63) is 42.0 Å². The fourth-order valence-electron chi connectivity index (χ4n) is 1.45. The van der Waals surface area contributed by atoms with Crippen molar-refractivity contribution in [2.75, 3.05) is 13.2 Å². The lowest BCUT2D eigenvalue weighted by molar-refractivity contribution is -0.137. The van der Waals surface area contributed by atoms with Gasteiger partial charge in [0.15, 0.2) is 0 Å². The Kier molecular flexibility index (Phi) is 6.66. The summed E-state index contributed by atoms with van der Waals surface area (Å²) >= 11 is 0. The van der Waals surface area contributed by atoms with Gasteiger partial charge in [-0.05, 0) is 45.9 Å². The minimum absolute atomic E-state index is 0.128. The quantitative estimate of drug-likeness (QED) is 0.458. The van der Waals surface area contributed by atoms with E-state index in [1.807, 2.05) is 51.3 Å². The monoisotopic (exact) mass is 289 g/mol. The van der Waals surface area contributed by atoms with E-state index in [4.69, 9.17) is 9.47 Å². The average Bonchev–Trinajstić information content (AvgIpc) is 2.42. The standard InChI is InChI=1S/C17H23NO3/c1-5-20-16(19)11-8-12-21-15-10-7-6-9-14(15)13-18-17(2,3)4/h6-11,13H,5,12H2,1-4H3/b11-8+,18-13?. The normalized spacial score (nSPS) is 12.0. The summed E-state index contributed by atoms with van der Waals surface area (Å²) in [5.41, 5.74) is 0.786. The first kappa shape index (κ1) is 17.0. The van der Waals surface area contributed by atoms with Crippen molar-refractivity contribution < 1.29 is 14.3 Å². The van der Waals surface area contributed by atoms with Crippen LogP contribution in [0.2, 0.25) is 0 Å². The van der Waals surface area contributed by atoms with Crippen LogP contribution in [0.1, 0.15) is 33.3 Å². The zero-order valence-electron chi connectivity index (χ0n) is 13.1. The third-order valence-corrected chi connectivity index (χ3v) is 2.39. The van der Waals surface area contributed by atoms with Crippen molar-refractivity contribution in [3.8, 4) is 5.75 Å². The van der Waals surface area contributed by atoms with Crippen molar-refractivity contribution in [1.82, 2.24) is 0 Å². The molecule has 21 heavy (non-hydrogen) atoms. The predicted octanol–water partition coefficient (Wildman–Crippen LogP) is 3.40. The number of carbonyl (C=O) groups is 1. The second kappa shape index (κ2) is 8.25. The summed E-state index contributed by atoms with van der Waals surface area (Å²) in [5, 5.41) is 0. The van der Waals surface area contributed by atoms with E-state index in [9.17, 15) is 4.79 Å². The lowest BCUT2D eigenvalue weighted by Crippen LogP contribution is -2.10. The van der Waals surface area contributed by atoms with E-state index in [2.05, 4.69) is 4.99 Å². The Balaban J connectivity index is 2.64. The van der Waals surface area contributed by atoms with Crippen LogP contribution < -0.4 is 4.74 Å². The molecule has 4 nitrogen and oxygen atoms in total. The summed E-state index contributed by atoms with van der Waals surface area (Å²) in [7, 11) is 0. The van der Waals surface area contributed by atoms with Crippen LogP contribution in [0.3, 0.4) is 0 Å². The number of rotatable bonds is 6. The second-order valence-electron chi connectivity index (χ2n) is 5.43. The molecule has 0 aromatic heterocycles. The maximum atomic E-state index is 11.1. The molecule has 4 heteroatoms. The number of esters is 1. The Bertz CT molecular complexity index is 513. The van der Waals surface area contributed by atoms with Gasteiger partial charge in [-0.15, -0.1) is 0 Å². The fraction of sp³-hybridized carbons (Fsp3) is 0.412. The van der Waals surface area contributed by atoms with E-state index >= 15 is 0 Å². The van der Waals surface area contributed by atoms with Crippen LogP contribution in [0.4, 0.5) is 0 Å². The van der Waals surface area contributed by atoms with E-state index in [0.717, 1.165) is 11.3 Å². The van der Waals surface area contributed by atoms with Gasteiger partial charge in [-0.3, -0.25) is 4.99 Å². The van der Waals surface area contributed by atoms with Crippen molar-refractivity contribution in [1.29, 1.82) is 0 Å². The number of carbonyl (C=O) groups excluding carboxylic acids is 1. The highest BCUT2D eigenvalue weighted by atomic mass is 16.5. The topological polar surface area (TPSA) is 47.9 Å². The Morgan fingerprint density at radius 3 is 2.67 bits per heavy atom. The van der Waals surface area contributed by atoms with Crippen molar-refractivity contribution in [3.63, 3.8) is 0 Å². The van der Waals surface area contributed by atoms with Gasteiger partial charge in [0.25, 0.3) is 0 Å². The summed E-state index contributed by atoms with van der Waals surface area (Å²) < 4.78 is 10.4. The van der Waals surface area contributed by atoms with Gasteiger partial charge in [-0.25, -0.2) is 4.79 Å². The average molecular weight is 289 g/mol. The highest BCUT2D eigenvalue weighted by Gasteiger charge is 2.06. The summed E-state index contributed by atoms with van der Waals surface area (Å²) in [4.78, 5) is 15.6. The molecule has 0 aliphatic rings. The van der Waals surface area contributed by atoms with E-state index in [-0.39, 0.29) is 11.5 Å². The Morgan fingerprint density at radius 1 is 1.29 bits per heavy atom. The van der Waals surface area contributed by atoms with E-state index in [1.54, 1.807) is 13.0 Å². The molecule has 1 aromatic rings. The molecule has 0 bridgehead atoms. The van der Waals surface area contributed by atoms with Gasteiger partial charge in [-0.1, -0.05) is 12.1 Å². The van der Waals surface area contributed by atoms with Crippen LogP contribution in [-0.4, -0.2) is 30.9 Å². The molecule has 1 rings (SSSR count). The predicted molar refractivity (Wildman–Crippen MR) is 85.1 cm³/mol. The Morgan fingerprint density at radius 2 is 2.00 bits per heavy atom. The maximum absolute atomic E-state index is 11.1. The molecule has 0 unspecified atom stereocenters. The number of hydrogen-bond donors (Lipinski definition) is 0. The first-order chi connectivity index (χ1) is 9.92. The second-order valence-corrected chi connectivity index (χ2v) is 5.43. The lowest BCUT2D eigenvalue weighted by atomic mass is 10.1. The fourth-order valence-corrected chi connectivity index (χ4v) is 1.45. The van der Waals surface area contributed by atoms with E-state index < -0.39 is 0 Å². The molecule has 0 radical (unpaired) electrons. The van der Waals surface area contributed by atoms with Crippen LogP contribution in [0.5, 0.6) is 5.75 Å². The van der Waals surface area contributed by atoms with E-state index in [0.29, 0.717) is 13.2 Å². The number of nitrogens with zero attached hydrogens (tertiary/aromatic N) is 1. The summed E-state index contributed by atoms with van der Waals surface area (Å²) in [6.07, 6.45) is 4.81. The van der Waals surface area contributed by atoms with Crippen LogP contribution in [-0.2, 0) is 9.53 Å². The molecule has 0 spiro atoms. The molecule has 0 saturated heterocycles. The minimum atomic E-state index is -0.358. The molecule has 0 N–H and O–H groups in total. The molecule has 0 amide bonds. The summed E-state index contributed by atoms with van der Waals surface area (Å²) in [6.45, 7) is 8.56. The molecule has 0 atom stereocenters. The number of aliphatic imine (C=N–C) groups is 1. The SMILES string of the molecule is CCOC(=O)/C=C/COc1ccccc1C=NC(C)(C)C. The first-order valence-corrected chi connectivity index (χ1v) is 7.02. The van der Waals surface area contributed by atoms with Crippen LogP contribution in [0.25, 0.3) is 0 Å². The minimum Gasteiger partial charge on any atom is -0.489 e. The molecule has 0 aliphatic heterocycles. The lowest BCUT2D eigenvalue weighted by Gasteiger charge is -2.12. The molecular weight excluding hydrogens is 266 g/mol. The Labute approximate surface area is 126 Å². The molecular formula is C17H23NO3. The third-order valence-electron chi connectivity index (χ3n) is 2.39. The zero-order valence-corrected chi connectivity index (χ0v) is 13.1.